The van der Waals surface area contributed by atoms with Gasteiger partial charge in [-0.2, -0.15) is 0 Å². The number of carbonyl (C=O) groups is 1. The van der Waals surface area contributed by atoms with Crippen molar-refractivity contribution in [2.45, 2.75) is 18.8 Å². The molecule has 10 heteroatoms. The summed E-state index contributed by atoms with van der Waals surface area (Å²) in [5.74, 6) is -1.07. The number of alkyl halides is 3. The largest absolute Gasteiger partial charge is 0.573 e. The van der Waals surface area contributed by atoms with Gasteiger partial charge in [-0.25, -0.2) is 0 Å². The highest BCUT2D eigenvalue weighted by Gasteiger charge is 2.32. The molecule has 4 N–H and O–H groups in total. The van der Waals surface area contributed by atoms with E-state index >= 15 is 0 Å². The van der Waals surface area contributed by atoms with E-state index in [9.17, 15) is 18.0 Å². The van der Waals surface area contributed by atoms with Gasteiger partial charge >= 0.3 is 6.36 Å². The number of ether oxygens (including phenoxy) is 3. The first-order chi connectivity index (χ1) is 12.3. The van der Waals surface area contributed by atoms with Gasteiger partial charge in [0.15, 0.2) is 0 Å². The summed E-state index contributed by atoms with van der Waals surface area (Å²) in [4.78, 5) is 12.4. The van der Waals surface area contributed by atoms with Crippen molar-refractivity contribution in [3.8, 4) is 5.75 Å². The summed E-state index contributed by atoms with van der Waals surface area (Å²) in [6.45, 7) is 1.70. The minimum absolute atomic E-state index is 0.130. The lowest BCUT2D eigenvalue weighted by atomic mass is 9.99. The van der Waals surface area contributed by atoms with Crippen LogP contribution < -0.4 is 21.1 Å². The second kappa shape index (κ2) is 9.06. The molecule has 0 radical (unpaired) electrons. The van der Waals surface area contributed by atoms with Crippen LogP contribution >= 0.6 is 0 Å². The van der Waals surface area contributed by atoms with Crippen molar-refractivity contribution in [1.82, 2.24) is 0 Å². The van der Waals surface area contributed by atoms with Crippen LogP contribution in [0, 0.1) is 5.92 Å². The SMILES string of the molecule is COCCNc1ccc(OC(F)(F)F)cc1NC(=O)C(N)C1CCOC1. The molecule has 2 atom stereocenters. The zero-order valence-electron chi connectivity index (χ0n) is 14.3. The Balaban J connectivity index is 2.14. The Morgan fingerprint density at radius 3 is 2.81 bits per heavy atom. The number of nitrogens with one attached hydrogen (secondary N) is 2. The lowest BCUT2D eigenvalue weighted by Crippen LogP contribution is -2.42. The van der Waals surface area contributed by atoms with Crippen molar-refractivity contribution in [1.29, 1.82) is 0 Å². The van der Waals surface area contributed by atoms with Gasteiger partial charge < -0.3 is 30.6 Å². The third-order valence-corrected chi connectivity index (χ3v) is 3.88. The van der Waals surface area contributed by atoms with Crippen molar-refractivity contribution in [2.24, 2.45) is 11.7 Å². The van der Waals surface area contributed by atoms with E-state index in [1.165, 1.54) is 13.2 Å². The molecule has 1 amide bonds. The Morgan fingerprint density at radius 1 is 1.42 bits per heavy atom. The molecule has 0 saturated carbocycles. The predicted molar refractivity (Wildman–Crippen MR) is 89.0 cm³/mol. The van der Waals surface area contributed by atoms with Gasteiger partial charge in [-0.05, 0) is 18.6 Å². The number of methoxy groups -OCH3 is 1. The Labute approximate surface area is 149 Å². The van der Waals surface area contributed by atoms with Crippen LogP contribution in [-0.2, 0) is 14.3 Å². The highest BCUT2D eigenvalue weighted by Crippen LogP contribution is 2.31. The van der Waals surface area contributed by atoms with E-state index in [1.54, 1.807) is 0 Å². The van der Waals surface area contributed by atoms with Gasteiger partial charge in [0.05, 0.1) is 30.6 Å². The van der Waals surface area contributed by atoms with Crippen LogP contribution in [0.5, 0.6) is 5.75 Å². The Kier molecular flexibility index (Phi) is 7.06. The maximum atomic E-state index is 12.4. The molecule has 2 unspecified atom stereocenters. The second-order valence-corrected chi connectivity index (χ2v) is 5.81. The number of hydrogen-bond donors (Lipinski definition) is 3. The summed E-state index contributed by atoms with van der Waals surface area (Å²) < 4.78 is 51.4. The highest BCUT2D eigenvalue weighted by atomic mass is 19.4. The molecular weight excluding hydrogens is 355 g/mol. The molecular formula is C16H22F3N3O4. The predicted octanol–water partition coefficient (Wildman–Crippen LogP) is 1.95. The molecule has 0 aromatic heterocycles. The Morgan fingerprint density at radius 2 is 2.19 bits per heavy atom. The normalized spacial score (nSPS) is 18.4. The molecule has 1 aromatic rings. The number of amides is 1. The highest BCUT2D eigenvalue weighted by molar-refractivity contribution is 5.98. The molecule has 26 heavy (non-hydrogen) atoms. The fourth-order valence-corrected chi connectivity index (χ4v) is 2.53. The molecule has 2 rings (SSSR count). The zero-order chi connectivity index (χ0) is 19.2. The number of anilines is 2. The average Bonchev–Trinajstić information content (AvgIpc) is 3.09. The van der Waals surface area contributed by atoms with E-state index in [0.717, 1.165) is 12.1 Å². The number of rotatable bonds is 8. The summed E-state index contributed by atoms with van der Waals surface area (Å²) in [6.07, 6.45) is -4.17. The number of carbonyl (C=O) groups excluding carboxylic acids is 1. The lowest BCUT2D eigenvalue weighted by molar-refractivity contribution is -0.274. The van der Waals surface area contributed by atoms with E-state index < -0.39 is 24.1 Å². The third-order valence-electron chi connectivity index (χ3n) is 3.88. The first-order valence-corrected chi connectivity index (χ1v) is 8.07. The number of nitrogens with two attached hydrogens (primary N) is 1. The number of benzene rings is 1. The molecule has 0 aliphatic carbocycles. The van der Waals surface area contributed by atoms with Crippen molar-refractivity contribution < 1.29 is 32.2 Å². The first kappa shape index (κ1) is 20.3. The molecule has 0 spiro atoms. The lowest BCUT2D eigenvalue weighted by Gasteiger charge is -2.20. The van der Waals surface area contributed by atoms with Gasteiger partial charge in [-0.3, -0.25) is 4.79 Å². The van der Waals surface area contributed by atoms with Gasteiger partial charge in [0.1, 0.15) is 5.75 Å². The minimum atomic E-state index is -4.83. The molecule has 1 aliphatic rings. The molecule has 146 valence electrons. The van der Waals surface area contributed by atoms with Gasteiger partial charge in [-0.15, -0.1) is 13.2 Å². The van der Waals surface area contributed by atoms with Crippen LogP contribution in [0.4, 0.5) is 24.5 Å². The van der Waals surface area contributed by atoms with E-state index in [-0.39, 0.29) is 11.6 Å². The van der Waals surface area contributed by atoms with Crippen molar-refractivity contribution >= 4 is 17.3 Å². The summed E-state index contributed by atoms with van der Waals surface area (Å²) in [6, 6.07) is 2.81. The van der Waals surface area contributed by atoms with Crippen LogP contribution in [0.25, 0.3) is 0 Å². The molecule has 0 bridgehead atoms. The van der Waals surface area contributed by atoms with Crippen molar-refractivity contribution in [3.05, 3.63) is 18.2 Å². The molecule has 1 aromatic carbocycles. The van der Waals surface area contributed by atoms with E-state index in [2.05, 4.69) is 15.4 Å². The topological polar surface area (TPSA) is 94.8 Å². The van der Waals surface area contributed by atoms with E-state index in [0.29, 0.717) is 38.5 Å². The quantitative estimate of drug-likeness (QED) is 0.600. The maximum absolute atomic E-state index is 12.4. The first-order valence-electron chi connectivity index (χ1n) is 8.07. The standard InChI is InChI=1S/C16H22F3N3O4/c1-24-7-5-21-12-3-2-11(26-16(17,18)19)8-13(12)22-15(23)14(20)10-4-6-25-9-10/h2-3,8,10,14,21H,4-7,9,20H2,1H3,(H,22,23). The van der Waals surface area contributed by atoms with Gasteiger partial charge in [-0.1, -0.05) is 0 Å². The fourth-order valence-electron chi connectivity index (χ4n) is 2.53. The van der Waals surface area contributed by atoms with Crippen LogP contribution in [0.1, 0.15) is 6.42 Å². The van der Waals surface area contributed by atoms with Gasteiger partial charge in [0.25, 0.3) is 0 Å². The summed E-state index contributed by atoms with van der Waals surface area (Å²) in [7, 11) is 1.52. The number of halogens is 3. The molecule has 7 nitrogen and oxygen atoms in total. The van der Waals surface area contributed by atoms with E-state index in [4.69, 9.17) is 15.2 Å². The number of hydrogen-bond acceptors (Lipinski definition) is 6. The Bertz CT molecular complexity index is 607. The van der Waals surface area contributed by atoms with E-state index in [1.807, 2.05) is 0 Å². The maximum Gasteiger partial charge on any atom is 0.573 e. The smallest absolute Gasteiger partial charge is 0.406 e. The van der Waals surface area contributed by atoms with Gasteiger partial charge in [0, 0.05) is 32.2 Å². The molecule has 1 heterocycles. The van der Waals surface area contributed by atoms with Crippen LogP contribution in [0.2, 0.25) is 0 Å². The summed E-state index contributed by atoms with van der Waals surface area (Å²) in [5.41, 5.74) is 6.51. The van der Waals surface area contributed by atoms with Crippen LogP contribution in [0.15, 0.2) is 18.2 Å². The molecule has 1 saturated heterocycles. The minimum Gasteiger partial charge on any atom is -0.406 e. The zero-order valence-corrected chi connectivity index (χ0v) is 14.3. The summed E-state index contributed by atoms with van der Waals surface area (Å²) in [5, 5.41) is 5.55. The fraction of sp³-hybridized carbons (Fsp3) is 0.562. The van der Waals surface area contributed by atoms with Crippen molar-refractivity contribution in [3.63, 3.8) is 0 Å². The summed E-state index contributed by atoms with van der Waals surface area (Å²) >= 11 is 0. The third kappa shape index (κ3) is 6.04. The van der Waals surface area contributed by atoms with Gasteiger partial charge in [0.2, 0.25) is 5.91 Å². The molecule has 1 fully saturated rings. The van der Waals surface area contributed by atoms with Crippen LogP contribution in [-0.4, -0.2) is 51.8 Å². The average molecular weight is 377 g/mol. The van der Waals surface area contributed by atoms with Crippen molar-refractivity contribution in [2.75, 3.05) is 44.1 Å². The Hall–Kier alpha value is -2.04. The monoisotopic (exact) mass is 377 g/mol. The van der Waals surface area contributed by atoms with Crippen LogP contribution in [0.3, 0.4) is 0 Å². The molecule has 1 aliphatic heterocycles. The second-order valence-electron chi connectivity index (χ2n) is 5.81.